The number of hydrogen-bond donors (Lipinski definition) is 1. The maximum absolute atomic E-state index is 10.4. The van der Waals surface area contributed by atoms with Gasteiger partial charge in [-0.2, -0.15) is 0 Å². The standard InChI is InChI=1S/C7H12O2.Pd/c8-7(9)6-4-2-1-3-5-6;/h6H,1-5H2,(H,8,9);. The van der Waals surface area contributed by atoms with Crippen LogP contribution in [0.2, 0.25) is 0 Å². The van der Waals surface area contributed by atoms with Gasteiger partial charge in [0.25, 0.3) is 0 Å². The molecule has 0 unspecified atom stereocenters. The molecule has 1 rings (SSSR count). The first-order valence-corrected chi connectivity index (χ1v) is 3.53. The summed E-state index contributed by atoms with van der Waals surface area (Å²) in [5.74, 6) is -0.631. The van der Waals surface area contributed by atoms with Crippen LogP contribution in [0.5, 0.6) is 0 Å². The molecule has 1 N–H and O–H groups in total. The van der Waals surface area contributed by atoms with Crippen molar-refractivity contribution >= 4 is 5.97 Å². The minimum absolute atomic E-state index is 0. The molecule has 62 valence electrons. The van der Waals surface area contributed by atoms with Gasteiger partial charge in [-0.1, -0.05) is 19.3 Å². The van der Waals surface area contributed by atoms with Gasteiger partial charge in [-0.3, -0.25) is 4.79 Å². The maximum atomic E-state index is 10.4. The number of rotatable bonds is 1. The van der Waals surface area contributed by atoms with Gasteiger partial charge in [0.1, 0.15) is 0 Å². The quantitative estimate of drug-likeness (QED) is 0.701. The topological polar surface area (TPSA) is 37.3 Å². The Balaban J connectivity index is 0.000000810. The molecule has 0 atom stereocenters. The van der Waals surface area contributed by atoms with Crippen LogP contribution in [-0.4, -0.2) is 11.1 Å². The first-order valence-electron chi connectivity index (χ1n) is 3.53. The van der Waals surface area contributed by atoms with E-state index in [2.05, 4.69) is 0 Å². The summed E-state index contributed by atoms with van der Waals surface area (Å²) in [4.78, 5) is 10.4. The Kier molecular flexibility index (Phi) is 4.94. The van der Waals surface area contributed by atoms with Gasteiger partial charge in [0.15, 0.2) is 0 Å². The zero-order chi connectivity index (χ0) is 6.69. The van der Waals surface area contributed by atoms with Crippen LogP contribution in [-0.2, 0) is 25.2 Å². The Bertz CT molecular complexity index is 108. The molecule has 0 amide bonds. The third kappa shape index (κ3) is 2.81. The number of hydrogen-bond acceptors (Lipinski definition) is 1. The molecule has 0 aromatic heterocycles. The maximum Gasteiger partial charge on any atom is 0.306 e. The van der Waals surface area contributed by atoms with Crippen LogP contribution < -0.4 is 0 Å². The Morgan fingerprint density at radius 2 is 1.70 bits per heavy atom. The number of carbonyl (C=O) groups is 1. The summed E-state index contributed by atoms with van der Waals surface area (Å²) < 4.78 is 0. The smallest absolute Gasteiger partial charge is 0.306 e. The van der Waals surface area contributed by atoms with Gasteiger partial charge in [-0.05, 0) is 12.8 Å². The van der Waals surface area contributed by atoms with Gasteiger partial charge in [0.2, 0.25) is 0 Å². The average Bonchev–Trinajstić information content (AvgIpc) is 1.90. The zero-order valence-electron chi connectivity index (χ0n) is 5.78. The second-order valence-corrected chi connectivity index (χ2v) is 2.67. The van der Waals surface area contributed by atoms with Gasteiger partial charge in [0.05, 0.1) is 5.92 Å². The van der Waals surface area contributed by atoms with Crippen molar-refractivity contribution in [3.8, 4) is 0 Å². The fraction of sp³-hybridized carbons (Fsp3) is 0.857. The van der Waals surface area contributed by atoms with Gasteiger partial charge >= 0.3 is 5.97 Å². The Morgan fingerprint density at radius 1 is 1.20 bits per heavy atom. The van der Waals surface area contributed by atoms with E-state index in [0.29, 0.717) is 0 Å². The van der Waals surface area contributed by atoms with E-state index in [9.17, 15) is 4.79 Å². The molecule has 1 aliphatic carbocycles. The van der Waals surface area contributed by atoms with E-state index in [1.165, 1.54) is 6.42 Å². The SMILES string of the molecule is O=C(O)C1CCCCC1.[Pd]. The second kappa shape index (κ2) is 4.87. The predicted molar refractivity (Wildman–Crippen MR) is 34.2 cm³/mol. The molecule has 0 spiro atoms. The van der Waals surface area contributed by atoms with Gasteiger partial charge in [-0.25, -0.2) is 0 Å². The molecule has 0 aliphatic heterocycles. The molecule has 1 aliphatic rings. The molecule has 0 radical (unpaired) electrons. The fourth-order valence-corrected chi connectivity index (χ4v) is 1.35. The molecule has 1 fully saturated rings. The Hall–Kier alpha value is 0.132. The molecule has 0 aromatic rings. The normalized spacial score (nSPS) is 19.6. The summed E-state index contributed by atoms with van der Waals surface area (Å²) in [6.07, 6.45) is 5.24. The molecule has 10 heavy (non-hydrogen) atoms. The molecule has 0 bridgehead atoms. The van der Waals surface area contributed by atoms with Crippen molar-refractivity contribution in [2.24, 2.45) is 5.92 Å². The van der Waals surface area contributed by atoms with E-state index in [1.54, 1.807) is 0 Å². The van der Waals surface area contributed by atoms with Crippen LogP contribution in [0.25, 0.3) is 0 Å². The summed E-state index contributed by atoms with van der Waals surface area (Å²) in [6.45, 7) is 0. The van der Waals surface area contributed by atoms with Gasteiger partial charge in [0, 0.05) is 20.4 Å². The Labute approximate surface area is 74.7 Å². The van der Waals surface area contributed by atoms with Crippen molar-refractivity contribution in [2.75, 3.05) is 0 Å². The van der Waals surface area contributed by atoms with Crippen LogP contribution in [0, 0.1) is 5.92 Å². The third-order valence-electron chi connectivity index (χ3n) is 1.95. The van der Waals surface area contributed by atoms with E-state index in [4.69, 9.17) is 5.11 Å². The van der Waals surface area contributed by atoms with Crippen LogP contribution in [0.4, 0.5) is 0 Å². The van der Waals surface area contributed by atoms with E-state index < -0.39 is 5.97 Å². The van der Waals surface area contributed by atoms with Crippen molar-refractivity contribution in [2.45, 2.75) is 32.1 Å². The summed E-state index contributed by atoms with van der Waals surface area (Å²) in [5, 5.41) is 8.54. The summed E-state index contributed by atoms with van der Waals surface area (Å²) in [5.41, 5.74) is 0. The average molecular weight is 235 g/mol. The van der Waals surface area contributed by atoms with Crippen molar-refractivity contribution in [3.63, 3.8) is 0 Å². The van der Waals surface area contributed by atoms with Crippen molar-refractivity contribution in [3.05, 3.63) is 0 Å². The van der Waals surface area contributed by atoms with Crippen molar-refractivity contribution < 1.29 is 30.3 Å². The minimum atomic E-state index is -0.602. The number of carboxylic acid groups (broad SMARTS) is 1. The monoisotopic (exact) mass is 234 g/mol. The van der Waals surface area contributed by atoms with E-state index in [0.717, 1.165) is 25.7 Å². The van der Waals surface area contributed by atoms with E-state index in [1.807, 2.05) is 0 Å². The summed E-state index contributed by atoms with van der Waals surface area (Å²) in [6, 6.07) is 0. The van der Waals surface area contributed by atoms with Crippen LogP contribution in [0.15, 0.2) is 0 Å². The van der Waals surface area contributed by atoms with Crippen molar-refractivity contribution in [1.29, 1.82) is 0 Å². The molecule has 0 aromatic carbocycles. The molecular weight excluding hydrogens is 222 g/mol. The first kappa shape index (κ1) is 10.1. The van der Waals surface area contributed by atoms with E-state index >= 15 is 0 Å². The Morgan fingerprint density at radius 3 is 2.00 bits per heavy atom. The van der Waals surface area contributed by atoms with Gasteiger partial charge in [-0.15, -0.1) is 0 Å². The van der Waals surface area contributed by atoms with Crippen LogP contribution in [0.1, 0.15) is 32.1 Å². The minimum Gasteiger partial charge on any atom is -0.481 e. The molecule has 3 heteroatoms. The second-order valence-electron chi connectivity index (χ2n) is 2.67. The van der Waals surface area contributed by atoms with Gasteiger partial charge < -0.3 is 5.11 Å². The number of carboxylic acids is 1. The van der Waals surface area contributed by atoms with Crippen LogP contribution in [0.3, 0.4) is 0 Å². The molecule has 0 heterocycles. The molecule has 0 saturated heterocycles. The van der Waals surface area contributed by atoms with Crippen molar-refractivity contribution in [1.82, 2.24) is 0 Å². The molecular formula is C7H12O2Pd. The summed E-state index contributed by atoms with van der Waals surface area (Å²) in [7, 11) is 0. The predicted octanol–water partition coefficient (Wildman–Crippen LogP) is 1.65. The van der Waals surface area contributed by atoms with Crippen LogP contribution >= 0.6 is 0 Å². The first-order chi connectivity index (χ1) is 4.30. The largest absolute Gasteiger partial charge is 0.481 e. The fourth-order valence-electron chi connectivity index (χ4n) is 1.35. The molecule has 1 saturated carbocycles. The van der Waals surface area contributed by atoms with E-state index in [-0.39, 0.29) is 26.3 Å². The summed E-state index contributed by atoms with van der Waals surface area (Å²) >= 11 is 0. The zero-order valence-corrected chi connectivity index (χ0v) is 7.34. The number of aliphatic carboxylic acids is 1. The third-order valence-corrected chi connectivity index (χ3v) is 1.95. The molecule has 2 nitrogen and oxygen atoms in total.